The molecular weight excluding hydrogens is 309 g/mol. The number of dihydropyridines is 1. The minimum atomic E-state index is -0.692. The number of carbonyl (C=O) groups excluding carboxylic acids is 1. The third-order valence-corrected chi connectivity index (χ3v) is 4.65. The highest BCUT2D eigenvalue weighted by molar-refractivity contribution is 5.97. The standard InChI is InChI=1S/C14H16FN5O.ClH/c15-11-2-1-9-12(18-19-13(9)17-11)14(21)16-10-7-20-5-3-8(10)4-6-20;/h1-2,8,10,13H,3-7H2,(H,16,21);1H/t10-,13?;/m1./s1. The van der Waals surface area contributed by atoms with Crippen molar-refractivity contribution >= 4 is 24.3 Å². The molecule has 5 heterocycles. The number of aliphatic imine (C=N–C) groups is 1. The van der Waals surface area contributed by atoms with Gasteiger partial charge in [0, 0.05) is 18.2 Å². The largest absolute Gasteiger partial charge is 0.346 e. The van der Waals surface area contributed by atoms with E-state index in [1.807, 2.05) is 0 Å². The minimum Gasteiger partial charge on any atom is -0.346 e. The summed E-state index contributed by atoms with van der Waals surface area (Å²) in [4.78, 5) is 18.5. The van der Waals surface area contributed by atoms with Crippen molar-refractivity contribution in [1.82, 2.24) is 10.2 Å². The smallest absolute Gasteiger partial charge is 0.272 e. The lowest BCUT2D eigenvalue weighted by Crippen LogP contribution is -2.57. The molecule has 0 aromatic heterocycles. The molecule has 0 spiro atoms. The van der Waals surface area contributed by atoms with Gasteiger partial charge in [0.15, 0.2) is 11.9 Å². The van der Waals surface area contributed by atoms with Crippen LogP contribution in [0.5, 0.6) is 0 Å². The van der Waals surface area contributed by atoms with Gasteiger partial charge < -0.3 is 10.2 Å². The van der Waals surface area contributed by atoms with Crippen molar-refractivity contribution in [3.63, 3.8) is 0 Å². The molecule has 6 nitrogen and oxygen atoms in total. The van der Waals surface area contributed by atoms with Crippen molar-refractivity contribution in [3.05, 3.63) is 23.4 Å². The van der Waals surface area contributed by atoms with Crippen LogP contribution in [0.4, 0.5) is 4.39 Å². The lowest BCUT2D eigenvalue weighted by molar-refractivity contribution is -0.119. The number of hydrogen-bond acceptors (Lipinski definition) is 5. The predicted octanol–water partition coefficient (Wildman–Crippen LogP) is 1.60. The van der Waals surface area contributed by atoms with Crippen LogP contribution in [0.3, 0.4) is 0 Å². The van der Waals surface area contributed by atoms with E-state index in [0.29, 0.717) is 11.5 Å². The van der Waals surface area contributed by atoms with E-state index in [4.69, 9.17) is 0 Å². The van der Waals surface area contributed by atoms with E-state index in [-0.39, 0.29) is 30.1 Å². The van der Waals surface area contributed by atoms with Crippen LogP contribution in [-0.2, 0) is 4.79 Å². The number of carbonyl (C=O) groups is 1. The first kappa shape index (κ1) is 15.3. The molecule has 0 saturated carbocycles. The molecule has 8 heteroatoms. The summed E-state index contributed by atoms with van der Waals surface area (Å²) in [5.41, 5.74) is 0.846. The van der Waals surface area contributed by atoms with Gasteiger partial charge in [-0.2, -0.15) is 9.50 Å². The molecule has 0 aromatic rings. The summed E-state index contributed by atoms with van der Waals surface area (Å²) in [7, 11) is 0. The van der Waals surface area contributed by atoms with Gasteiger partial charge in [-0.05, 0) is 44.0 Å². The van der Waals surface area contributed by atoms with Crippen molar-refractivity contribution in [2.45, 2.75) is 25.0 Å². The van der Waals surface area contributed by atoms with E-state index in [1.165, 1.54) is 6.08 Å². The number of azo groups is 1. The molecule has 118 valence electrons. The van der Waals surface area contributed by atoms with E-state index in [9.17, 15) is 9.18 Å². The fourth-order valence-corrected chi connectivity index (χ4v) is 3.48. The molecule has 5 aliphatic rings. The molecule has 2 atom stereocenters. The van der Waals surface area contributed by atoms with Crippen LogP contribution in [0.2, 0.25) is 0 Å². The van der Waals surface area contributed by atoms with Gasteiger partial charge in [0.2, 0.25) is 5.97 Å². The van der Waals surface area contributed by atoms with Gasteiger partial charge in [-0.1, -0.05) is 0 Å². The number of nitrogens with one attached hydrogen (secondary N) is 1. The van der Waals surface area contributed by atoms with Crippen LogP contribution in [0.25, 0.3) is 0 Å². The zero-order valence-corrected chi connectivity index (χ0v) is 12.7. The monoisotopic (exact) mass is 325 g/mol. The summed E-state index contributed by atoms with van der Waals surface area (Å²) in [5.74, 6) is -0.255. The van der Waals surface area contributed by atoms with Gasteiger partial charge >= 0.3 is 0 Å². The molecule has 1 N–H and O–H groups in total. The molecular formula is C14H17ClFN5O. The van der Waals surface area contributed by atoms with Gasteiger partial charge in [-0.25, -0.2) is 4.99 Å². The highest BCUT2D eigenvalue weighted by atomic mass is 35.5. The van der Waals surface area contributed by atoms with E-state index >= 15 is 0 Å². The van der Waals surface area contributed by atoms with Crippen LogP contribution in [0, 0.1) is 5.92 Å². The molecule has 3 saturated heterocycles. The average Bonchev–Trinajstić information content (AvgIpc) is 2.91. The van der Waals surface area contributed by atoms with Crippen LogP contribution in [0.1, 0.15) is 12.8 Å². The van der Waals surface area contributed by atoms with E-state index in [2.05, 4.69) is 25.4 Å². The van der Waals surface area contributed by atoms with Crippen molar-refractivity contribution in [3.8, 4) is 0 Å². The number of hydrogen-bond donors (Lipinski definition) is 1. The van der Waals surface area contributed by atoms with Crippen molar-refractivity contribution in [1.29, 1.82) is 0 Å². The molecule has 5 aliphatic heterocycles. The predicted molar refractivity (Wildman–Crippen MR) is 81.7 cm³/mol. The summed E-state index contributed by atoms with van der Waals surface area (Å²) >= 11 is 0. The highest BCUT2D eigenvalue weighted by Gasteiger charge is 2.36. The lowest BCUT2D eigenvalue weighted by atomic mass is 9.84. The molecule has 22 heavy (non-hydrogen) atoms. The number of halogens is 2. The topological polar surface area (TPSA) is 69.4 Å². The summed E-state index contributed by atoms with van der Waals surface area (Å²) in [6.45, 7) is 3.16. The first-order valence-corrected chi connectivity index (χ1v) is 7.30. The van der Waals surface area contributed by atoms with E-state index < -0.39 is 12.1 Å². The van der Waals surface area contributed by atoms with Gasteiger partial charge in [0.1, 0.15) is 0 Å². The summed E-state index contributed by atoms with van der Waals surface area (Å²) < 4.78 is 13.1. The molecule has 0 aliphatic carbocycles. The Bertz CT molecular complexity index is 606. The Labute approximate surface area is 133 Å². The third kappa shape index (κ3) is 2.59. The van der Waals surface area contributed by atoms with Gasteiger partial charge in [0.25, 0.3) is 5.91 Å². The first-order chi connectivity index (χ1) is 10.2. The van der Waals surface area contributed by atoms with Crippen molar-refractivity contribution in [2.75, 3.05) is 19.6 Å². The summed E-state index contributed by atoms with van der Waals surface area (Å²) in [6, 6.07) is 0.176. The Morgan fingerprint density at radius 3 is 2.77 bits per heavy atom. The fraction of sp³-hybridized carbons (Fsp3) is 0.571. The van der Waals surface area contributed by atoms with E-state index in [1.54, 1.807) is 6.08 Å². The van der Waals surface area contributed by atoms with Crippen LogP contribution < -0.4 is 5.32 Å². The Hall–Kier alpha value is -1.60. The Balaban J connectivity index is 0.00000144. The third-order valence-electron chi connectivity index (χ3n) is 4.65. The molecule has 0 aromatic carbocycles. The number of nitrogens with zero attached hydrogens (tertiary/aromatic N) is 4. The number of allylic oxidation sites excluding steroid dienone is 1. The minimum absolute atomic E-state index is 0. The van der Waals surface area contributed by atoms with Gasteiger partial charge in [0.05, 0.1) is 0 Å². The zero-order chi connectivity index (χ0) is 14.4. The van der Waals surface area contributed by atoms with E-state index in [0.717, 1.165) is 32.5 Å². The van der Waals surface area contributed by atoms with Crippen LogP contribution in [0.15, 0.2) is 38.6 Å². The van der Waals surface area contributed by atoms with Crippen molar-refractivity contribution < 1.29 is 9.18 Å². The molecule has 0 radical (unpaired) electrons. The maximum Gasteiger partial charge on any atom is 0.272 e. The number of amides is 1. The van der Waals surface area contributed by atoms with Crippen molar-refractivity contribution in [2.24, 2.45) is 21.1 Å². The van der Waals surface area contributed by atoms with Crippen LogP contribution in [-0.4, -0.2) is 48.6 Å². The second-order valence-electron chi connectivity index (χ2n) is 5.90. The zero-order valence-electron chi connectivity index (χ0n) is 11.9. The second kappa shape index (κ2) is 5.89. The number of fused-ring (bicyclic) bond motifs is 4. The summed E-state index contributed by atoms with van der Waals surface area (Å²) in [5, 5.41) is 10.8. The first-order valence-electron chi connectivity index (χ1n) is 7.30. The highest BCUT2D eigenvalue weighted by Crippen LogP contribution is 2.30. The summed E-state index contributed by atoms with van der Waals surface area (Å²) in [6.07, 6.45) is 4.36. The number of piperidine rings is 3. The second-order valence-corrected chi connectivity index (χ2v) is 5.90. The van der Waals surface area contributed by atoms with Gasteiger partial charge in [-0.15, -0.1) is 17.5 Å². The van der Waals surface area contributed by atoms with Crippen LogP contribution >= 0.6 is 12.4 Å². The Kier molecular flexibility index (Phi) is 4.10. The molecule has 5 rings (SSSR count). The normalized spacial score (nSPS) is 35.0. The van der Waals surface area contributed by atoms with Gasteiger partial charge in [-0.3, -0.25) is 4.79 Å². The quantitative estimate of drug-likeness (QED) is 0.838. The molecule has 2 bridgehead atoms. The number of rotatable bonds is 2. The average molecular weight is 326 g/mol. The fourth-order valence-electron chi connectivity index (χ4n) is 3.48. The lowest BCUT2D eigenvalue weighted by Gasteiger charge is -2.44. The molecule has 1 unspecified atom stereocenters. The maximum absolute atomic E-state index is 13.1. The molecule has 3 fully saturated rings. The Morgan fingerprint density at radius 1 is 1.32 bits per heavy atom. The maximum atomic E-state index is 13.1. The molecule has 1 amide bonds. The SMILES string of the molecule is Cl.O=C(N[C@@H]1CN2CCC1CC2)C1=C2C=CC(F)=NC2N=N1. The Morgan fingerprint density at radius 2 is 2.09 bits per heavy atom.